The van der Waals surface area contributed by atoms with Crippen LogP contribution >= 0.6 is 0 Å². The van der Waals surface area contributed by atoms with Gasteiger partial charge in [-0.25, -0.2) is 0 Å². The molecule has 1 aromatic carbocycles. The maximum absolute atomic E-state index is 11.9. The molecule has 5 nitrogen and oxygen atoms in total. The summed E-state index contributed by atoms with van der Waals surface area (Å²) in [7, 11) is 0. The lowest BCUT2D eigenvalue weighted by Gasteiger charge is -2.09. The van der Waals surface area contributed by atoms with Gasteiger partial charge in [0.05, 0.1) is 16.6 Å². The van der Waals surface area contributed by atoms with Gasteiger partial charge < -0.3 is 20.4 Å². The van der Waals surface area contributed by atoms with Crippen LogP contribution in [0.2, 0.25) is 0 Å². The van der Waals surface area contributed by atoms with Crippen LogP contribution in [0.4, 0.5) is 0 Å². The monoisotopic (exact) mass is 250 g/mol. The van der Waals surface area contributed by atoms with Gasteiger partial charge in [-0.2, -0.15) is 0 Å². The molecule has 0 aliphatic heterocycles. The Labute approximate surface area is 108 Å². The van der Waals surface area contributed by atoms with E-state index >= 15 is 0 Å². The topological polar surface area (TPSA) is 98.0 Å². The molecule has 1 aromatic rings. The Hall–Kier alpha value is -2.69. The molecule has 0 radical (unpaired) electrons. The van der Waals surface area contributed by atoms with Crippen molar-refractivity contribution in [3.63, 3.8) is 0 Å². The first-order valence-corrected chi connectivity index (χ1v) is 4.75. The van der Waals surface area contributed by atoms with Crippen molar-refractivity contribution in [3.05, 3.63) is 53.2 Å². The Kier molecular flexibility index (Phi) is 1.81. The number of aliphatic hydroxyl groups excluding tert-OH is 2. The number of benzene rings is 1. The lowest BCUT2D eigenvalue weighted by atomic mass is 10.00. The van der Waals surface area contributed by atoms with Gasteiger partial charge in [-0.3, -0.25) is 4.79 Å². The Morgan fingerprint density at radius 2 is 2.00 bits per heavy atom. The van der Waals surface area contributed by atoms with Crippen molar-refractivity contribution < 1.29 is 30.7 Å². The van der Waals surface area contributed by atoms with Crippen LogP contribution in [0.25, 0.3) is 5.76 Å². The van der Waals surface area contributed by atoms with Crippen LogP contribution < -0.4 is 0 Å². The first-order valence-electron chi connectivity index (χ1n) is 6.75. The van der Waals surface area contributed by atoms with Crippen molar-refractivity contribution >= 4 is 11.5 Å². The van der Waals surface area contributed by atoms with Gasteiger partial charge in [0, 0.05) is 12.1 Å². The Bertz CT molecular complexity index is 792. The lowest BCUT2D eigenvalue weighted by molar-refractivity contribution is -0.111. The Morgan fingerprint density at radius 1 is 1.28 bits per heavy atom. The number of carbonyl (C=O) groups is 1. The van der Waals surface area contributed by atoms with Crippen LogP contribution in [-0.4, -0.2) is 26.2 Å². The summed E-state index contributed by atoms with van der Waals surface area (Å²) < 4.78 is 29.6. The number of aromatic hydroxyl groups is 2. The minimum atomic E-state index is -1.09. The minimum Gasteiger partial charge on any atom is -0.508 e. The van der Waals surface area contributed by atoms with E-state index in [1.807, 2.05) is 0 Å². The zero-order valence-electron chi connectivity index (χ0n) is 12.9. The normalized spacial score (nSPS) is 21.8. The number of aliphatic hydroxyl groups is 2. The highest BCUT2D eigenvalue weighted by molar-refractivity contribution is 6.12. The van der Waals surface area contributed by atoms with E-state index in [0.717, 1.165) is 12.1 Å². The van der Waals surface area contributed by atoms with E-state index in [2.05, 4.69) is 0 Å². The summed E-state index contributed by atoms with van der Waals surface area (Å²) in [4.78, 5) is 11.9. The summed E-state index contributed by atoms with van der Waals surface area (Å²) in [5, 5.41) is 38.6. The molecule has 2 rings (SSSR count). The van der Waals surface area contributed by atoms with Gasteiger partial charge in [-0.15, -0.1) is 0 Å². The molecule has 0 bridgehead atoms. The van der Waals surface area contributed by atoms with E-state index in [1.54, 1.807) is 0 Å². The highest BCUT2D eigenvalue weighted by atomic mass is 16.3. The SMILES string of the molecule is [2H]C1=C/C(=C(/O)c2cc([2H])c(O)c([2H])c2O)C(=O)C([2H])=C1O. The molecule has 0 amide bonds. The number of carbonyl (C=O) groups excluding carboxylic acids is 1. The fraction of sp³-hybridized carbons (Fsp3) is 0. The zero-order valence-corrected chi connectivity index (χ0v) is 8.85. The highest BCUT2D eigenvalue weighted by Crippen LogP contribution is 2.30. The van der Waals surface area contributed by atoms with Crippen molar-refractivity contribution in [3.8, 4) is 11.5 Å². The highest BCUT2D eigenvalue weighted by Gasteiger charge is 2.18. The van der Waals surface area contributed by atoms with Gasteiger partial charge in [0.25, 0.3) is 0 Å². The van der Waals surface area contributed by atoms with Crippen molar-refractivity contribution in [1.29, 1.82) is 0 Å². The van der Waals surface area contributed by atoms with Crippen LogP contribution in [0, 0.1) is 0 Å². The van der Waals surface area contributed by atoms with Gasteiger partial charge in [0.15, 0.2) is 5.78 Å². The molecule has 0 unspecified atom stereocenters. The second-order valence-electron chi connectivity index (χ2n) is 3.38. The molecule has 0 aromatic heterocycles. The Balaban J connectivity index is 2.72. The van der Waals surface area contributed by atoms with Crippen molar-refractivity contribution in [2.24, 2.45) is 0 Å². The maximum atomic E-state index is 11.9. The molecule has 1 aliphatic rings. The molecule has 0 atom stereocenters. The number of phenols is 2. The third-order valence-corrected chi connectivity index (χ3v) is 2.19. The third kappa shape index (κ3) is 2.06. The molecule has 0 heterocycles. The summed E-state index contributed by atoms with van der Waals surface area (Å²) in [6, 6.07) is -2.02. The molecular weight excluding hydrogens is 236 g/mol. The predicted octanol–water partition coefficient (Wildman–Crippen LogP) is 1.95. The first-order chi connectivity index (χ1) is 10.2. The van der Waals surface area contributed by atoms with Crippen LogP contribution in [0.15, 0.2) is 47.7 Å². The van der Waals surface area contributed by atoms with E-state index in [1.165, 1.54) is 0 Å². The second-order valence-corrected chi connectivity index (χ2v) is 3.38. The first kappa shape index (κ1) is 7.60. The number of hydrogen-bond donors (Lipinski definition) is 4. The van der Waals surface area contributed by atoms with E-state index in [4.69, 9.17) is 5.48 Å². The predicted molar refractivity (Wildman–Crippen MR) is 64.2 cm³/mol. The van der Waals surface area contributed by atoms with Crippen molar-refractivity contribution in [2.45, 2.75) is 0 Å². The van der Waals surface area contributed by atoms with Crippen LogP contribution in [-0.2, 0) is 4.79 Å². The Morgan fingerprint density at radius 3 is 2.72 bits per heavy atom. The number of phenolic OH excluding ortho intramolecular Hbond substituents is 2. The molecule has 0 spiro atoms. The summed E-state index contributed by atoms with van der Waals surface area (Å²) in [6.45, 7) is 0. The number of rotatable bonds is 1. The molecule has 0 saturated carbocycles. The molecule has 0 saturated heterocycles. The smallest absolute Gasteiger partial charge is 0.193 e. The van der Waals surface area contributed by atoms with Crippen LogP contribution in [0.3, 0.4) is 0 Å². The molecule has 1 aliphatic carbocycles. The maximum Gasteiger partial charge on any atom is 0.193 e. The average Bonchev–Trinajstić information content (AvgIpc) is 2.49. The van der Waals surface area contributed by atoms with E-state index < -0.39 is 64.1 Å². The quantitative estimate of drug-likeness (QED) is 0.451. The molecule has 92 valence electrons. The average molecular weight is 250 g/mol. The number of ketones is 1. The van der Waals surface area contributed by atoms with Crippen molar-refractivity contribution in [1.82, 2.24) is 0 Å². The number of hydrogen-bond acceptors (Lipinski definition) is 5. The van der Waals surface area contributed by atoms with Crippen LogP contribution in [0.1, 0.15) is 11.0 Å². The van der Waals surface area contributed by atoms with Gasteiger partial charge in [0.2, 0.25) is 0 Å². The van der Waals surface area contributed by atoms with Crippen molar-refractivity contribution in [2.75, 3.05) is 0 Å². The standard InChI is InChI=1S/C13H10O5/c14-7-1-3-9(11(16)5-7)13(18)10-4-2-8(15)6-12(10)17/h1-6,14-16,18H/b13-10-/i1D,2D,5D,6D. The summed E-state index contributed by atoms with van der Waals surface area (Å²) in [5.41, 5.74) is -1.03. The zero-order chi connectivity index (χ0) is 16.8. The van der Waals surface area contributed by atoms with Gasteiger partial charge >= 0.3 is 0 Å². The molecule has 0 fully saturated rings. The van der Waals surface area contributed by atoms with E-state index in [0.29, 0.717) is 0 Å². The molecule has 4 N–H and O–H groups in total. The summed E-state index contributed by atoms with van der Waals surface area (Å²) in [5.74, 6) is -4.47. The van der Waals surface area contributed by atoms with E-state index in [-0.39, 0.29) is 0 Å². The van der Waals surface area contributed by atoms with Gasteiger partial charge in [0.1, 0.15) is 23.0 Å². The molecule has 18 heavy (non-hydrogen) atoms. The summed E-state index contributed by atoms with van der Waals surface area (Å²) in [6.07, 6.45) is 0.796. The largest absolute Gasteiger partial charge is 0.508 e. The third-order valence-electron chi connectivity index (χ3n) is 2.19. The molecular formula is C13H10O5. The summed E-state index contributed by atoms with van der Waals surface area (Å²) >= 11 is 0. The van der Waals surface area contributed by atoms with E-state index in [9.17, 15) is 25.2 Å². The minimum absolute atomic E-state index is 0.477. The van der Waals surface area contributed by atoms with Gasteiger partial charge in [-0.1, -0.05) is 0 Å². The van der Waals surface area contributed by atoms with Gasteiger partial charge in [-0.05, 0) is 24.2 Å². The second kappa shape index (κ2) is 4.29. The van der Waals surface area contributed by atoms with Crippen LogP contribution in [0.5, 0.6) is 11.5 Å². The lowest BCUT2D eigenvalue weighted by Crippen LogP contribution is -2.05. The fourth-order valence-electron chi connectivity index (χ4n) is 1.34. The molecule has 5 heteroatoms. The fourth-order valence-corrected chi connectivity index (χ4v) is 1.34. The number of allylic oxidation sites excluding steroid dienone is 4.